The number of hydrogen-bond donors (Lipinski definition) is 1. The molecule has 1 amide bonds. The number of rotatable bonds is 2. The SMILES string of the molecule is O=C(Nc1cnoc1)c1ccc(F)cc1. The van der Waals surface area contributed by atoms with Gasteiger partial charge in [-0.05, 0) is 24.3 Å². The minimum atomic E-state index is -0.378. The molecule has 0 saturated carbocycles. The Morgan fingerprint density at radius 3 is 2.67 bits per heavy atom. The highest BCUT2D eigenvalue weighted by Gasteiger charge is 2.06. The third-order valence-corrected chi connectivity index (χ3v) is 1.80. The predicted octanol–water partition coefficient (Wildman–Crippen LogP) is 2.07. The van der Waals surface area contributed by atoms with Crippen molar-refractivity contribution >= 4 is 11.6 Å². The number of carbonyl (C=O) groups is 1. The quantitative estimate of drug-likeness (QED) is 0.818. The van der Waals surface area contributed by atoms with Gasteiger partial charge in [0.25, 0.3) is 5.91 Å². The monoisotopic (exact) mass is 206 g/mol. The van der Waals surface area contributed by atoms with E-state index in [4.69, 9.17) is 0 Å². The topological polar surface area (TPSA) is 55.1 Å². The molecule has 2 aromatic rings. The lowest BCUT2D eigenvalue weighted by molar-refractivity contribution is 0.102. The molecule has 0 aliphatic rings. The maximum atomic E-state index is 12.6. The molecule has 0 radical (unpaired) electrons. The van der Waals surface area contributed by atoms with E-state index < -0.39 is 0 Å². The predicted molar refractivity (Wildman–Crippen MR) is 50.9 cm³/mol. The molecule has 0 unspecified atom stereocenters. The van der Waals surface area contributed by atoms with Crippen LogP contribution in [0.1, 0.15) is 10.4 Å². The van der Waals surface area contributed by atoms with Gasteiger partial charge in [0.2, 0.25) is 0 Å². The van der Waals surface area contributed by atoms with Gasteiger partial charge < -0.3 is 9.84 Å². The summed E-state index contributed by atoms with van der Waals surface area (Å²) in [5.41, 5.74) is 0.835. The summed E-state index contributed by atoms with van der Waals surface area (Å²) in [5, 5.41) is 5.97. The van der Waals surface area contributed by atoms with Crippen LogP contribution >= 0.6 is 0 Å². The van der Waals surface area contributed by atoms with Crippen LogP contribution in [0.25, 0.3) is 0 Å². The molecule has 76 valence electrons. The molecule has 1 heterocycles. The number of halogens is 1. The van der Waals surface area contributed by atoms with Gasteiger partial charge in [-0.2, -0.15) is 0 Å². The summed E-state index contributed by atoms with van der Waals surface area (Å²) >= 11 is 0. The molecule has 0 spiro atoms. The molecule has 15 heavy (non-hydrogen) atoms. The first-order valence-electron chi connectivity index (χ1n) is 4.22. The highest BCUT2D eigenvalue weighted by Crippen LogP contribution is 2.08. The minimum Gasteiger partial charge on any atom is -0.363 e. The molecular formula is C10H7FN2O2. The molecule has 1 N–H and O–H groups in total. The standard InChI is InChI=1S/C10H7FN2O2/c11-8-3-1-7(2-4-8)10(14)13-9-5-12-15-6-9/h1-6H,(H,13,14). The van der Waals surface area contributed by atoms with Crippen LogP contribution < -0.4 is 5.32 Å². The van der Waals surface area contributed by atoms with Gasteiger partial charge in [0.1, 0.15) is 17.8 Å². The fraction of sp³-hybridized carbons (Fsp3) is 0. The highest BCUT2D eigenvalue weighted by molar-refractivity contribution is 6.04. The van der Waals surface area contributed by atoms with E-state index in [0.717, 1.165) is 0 Å². The minimum absolute atomic E-state index is 0.335. The van der Waals surface area contributed by atoms with Crippen LogP contribution in [-0.2, 0) is 0 Å². The van der Waals surface area contributed by atoms with Gasteiger partial charge in [-0.3, -0.25) is 4.79 Å². The van der Waals surface area contributed by atoms with Gasteiger partial charge in [-0.25, -0.2) is 4.39 Å². The Morgan fingerprint density at radius 2 is 2.07 bits per heavy atom. The molecule has 1 aromatic heterocycles. The van der Waals surface area contributed by atoms with Crippen LogP contribution in [0.15, 0.2) is 41.2 Å². The smallest absolute Gasteiger partial charge is 0.255 e. The zero-order valence-electron chi connectivity index (χ0n) is 7.61. The molecule has 4 nitrogen and oxygen atoms in total. The van der Waals surface area contributed by atoms with Crippen molar-refractivity contribution in [3.8, 4) is 0 Å². The summed E-state index contributed by atoms with van der Waals surface area (Å²) in [6.07, 6.45) is 2.68. The lowest BCUT2D eigenvalue weighted by atomic mass is 10.2. The Labute approximate surface area is 84.7 Å². The van der Waals surface area contributed by atoms with Crippen molar-refractivity contribution in [1.29, 1.82) is 0 Å². The first kappa shape index (κ1) is 9.39. The molecule has 0 bridgehead atoms. The summed E-state index contributed by atoms with van der Waals surface area (Å²) in [4.78, 5) is 11.5. The Morgan fingerprint density at radius 1 is 1.33 bits per heavy atom. The lowest BCUT2D eigenvalue weighted by Crippen LogP contribution is -2.11. The molecular weight excluding hydrogens is 199 g/mol. The number of anilines is 1. The lowest BCUT2D eigenvalue weighted by Gasteiger charge is -2.00. The number of nitrogens with zero attached hydrogens (tertiary/aromatic N) is 1. The third kappa shape index (κ3) is 2.19. The fourth-order valence-corrected chi connectivity index (χ4v) is 1.07. The van der Waals surface area contributed by atoms with Gasteiger partial charge >= 0.3 is 0 Å². The Hall–Kier alpha value is -2.17. The van der Waals surface area contributed by atoms with Crippen LogP contribution in [0.3, 0.4) is 0 Å². The van der Waals surface area contributed by atoms with E-state index in [2.05, 4.69) is 15.0 Å². The van der Waals surface area contributed by atoms with Crippen LogP contribution in [0.4, 0.5) is 10.1 Å². The van der Waals surface area contributed by atoms with E-state index in [1.165, 1.54) is 36.7 Å². The van der Waals surface area contributed by atoms with Crippen molar-refractivity contribution in [2.45, 2.75) is 0 Å². The Bertz CT molecular complexity index is 451. The number of amides is 1. The molecule has 0 saturated heterocycles. The number of nitrogens with one attached hydrogen (secondary N) is 1. The number of benzene rings is 1. The molecule has 1 aromatic carbocycles. The van der Waals surface area contributed by atoms with Crippen molar-refractivity contribution in [2.24, 2.45) is 0 Å². The van der Waals surface area contributed by atoms with E-state index >= 15 is 0 Å². The van der Waals surface area contributed by atoms with Gasteiger partial charge in [-0.15, -0.1) is 0 Å². The van der Waals surface area contributed by atoms with Crippen molar-refractivity contribution in [3.63, 3.8) is 0 Å². The second kappa shape index (κ2) is 3.91. The molecule has 2 rings (SSSR count). The van der Waals surface area contributed by atoms with E-state index in [9.17, 15) is 9.18 Å². The summed E-state index contributed by atoms with van der Waals surface area (Å²) < 4.78 is 17.1. The van der Waals surface area contributed by atoms with E-state index in [1.54, 1.807) is 0 Å². The van der Waals surface area contributed by atoms with Crippen molar-refractivity contribution < 1.29 is 13.7 Å². The first-order chi connectivity index (χ1) is 7.25. The number of aromatic nitrogens is 1. The number of carbonyl (C=O) groups excluding carboxylic acids is 1. The molecule has 0 aliphatic heterocycles. The first-order valence-corrected chi connectivity index (χ1v) is 4.22. The summed E-state index contributed by atoms with van der Waals surface area (Å²) in [6.45, 7) is 0. The summed E-state index contributed by atoms with van der Waals surface area (Å²) in [6, 6.07) is 5.25. The summed E-state index contributed by atoms with van der Waals surface area (Å²) in [7, 11) is 0. The largest absolute Gasteiger partial charge is 0.363 e. The second-order valence-electron chi connectivity index (χ2n) is 2.87. The van der Waals surface area contributed by atoms with Crippen LogP contribution in [0.2, 0.25) is 0 Å². The van der Waals surface area contributed by atoms with E-state index in [1.807, 2.05) is 0 Å². The van der Waals surface area contributed by atoms with Crippen molar-refractivity contribution in [1.82, 2.24) is 5.16 Å². The van der Waals surface area contributed by atoms with Gasteiger partial charge in [-0.1, -0.05) is 5.16 Å². The molecule has 0 aliphatic carbocycles. The van der Waals surface area contributed by atoms with E-state index in [-0.39, 0.29) is 11.7 Å². The highest BCUT2D eigenvalue weighted by atomic mass is 19.1. The average molecular weight is 206 g/mol. The van der Waals surface area contributed by atoms with Crippen LogP contribution in [-0.4, -0.2) is 11.1 Å². The maximum Gasteiger partial charge on any atom is 0.255 e. The second-order valence-corrected chi connectivity index (χ2v) is 2.87. The summed E-state index contributed by atoms with van der Waals surface area (Å²) in [5.74, 6) is -0.713. The molecule has 0 atom stereocenters. The Balaban J connectivity index is 2.11. The van der Waals surface area contributed by atoms with Gasteiger partial charge in [0.15, 0.2) is 0 Å². The maximum absolute atomic E-state index is 12.6. The van der Waals surface area contributed by atoms with Crippen LogP contribution in [0.5, 0.6) is 0 Å². The molecule has 0 fully saturated rings. The zero-order valence-corrected chi connectivity index (χ0v) is 7.61. The van der Waals surface area contributed by atoms with Gasteiger partial charge in [0, 0.05) is 5.56 Å². The van der Waals surface area contributed by atoms with Gasteiger partial charge in [0.05, 0.1) is 6.20 Å². The zero-order chi connectivity index (χ0) is 10.7. The fourth-order valence-electron chi connectivity index (χ4n) is 1.07. The van der Waals surface area contributed by atoms with E-state index in [0.29, 0.717) is 11.3 Å². The normalized spacial score (nSPS) is 9.93. The average Bonchev–Trinajstić information content (AvgIpc) is 2.71. The van der Waals surface area contributed by atoms with Crippen molar-refractivity contribution in [3.05, 3.63) is 48.1 Å². The van der Waals surface area contributed by atoms with Crippen LogP contribution in [0, 0.1) is 5.82 Å². The van der Waals surface area contributed by atoms with Crippen molar-refractivity contribution in [2.75, 3.05) is 5.32 Å². The third-order valence-electron chi connectivity index (χ3n) is 1.80. The Kier molecular flexibility index (Phi) is 2.45. The number of hydrogen-bond acceptors (Lipinski definition) is 3. The molecule has 5 heteroatoms.